The minimum Gasteiger partial charge on any atom is -0.349 e. The molecule has 22 heavy (non-hydrogen) atoms. The van der Waals surface area contributed by atoms with E-state index in [0.717, 1.165) is 12.2 Å². The molecule has 1 aromatic carbocycles. The van der Waals surface area contributed by atoms with Crippen LogP contribution in [0.25, 0.3) is 5.69 Å². The number of carbonyl (C=O) groups excluding carboxylic acids is 1. The lowest BCUT2D eigenvalue weighted by Gasteiger charge is -2.12. The summed E-state index contributed by atoms with van der Waals surface area (Å²) in [5.74, 6) is -0.205. The number of hydrogen-bond donors (Lipinski definition) is 2. The van der Waals surface area contributed by atoms with Gasteiger partial charge < -0.3 is 10.6 Å². The Kier molecular flexibility index (Phi) is 5.83. The van der Waals surface area contributed by atoms with Gasteiger partial charge in [0.25, 0.3) is 5.91 Å². The highest BCUT2D eigenvalue weighted by molar-refractivity contribution is 6.42. The number of amides is 1. The first-order valence-electron chi connectivity index (χ1n) is 7.04. The molecule has 5 nitrogen and oxygen atoms in total. The summed E-state index contributed by atoms with van der Waals surface area (Å²) in [4.78, 5) is 12.1. The molecular formula is C15H18Cl2N4O. The van der Waals surface area contributed by atoms with Gasteiger partial charge in [-0.05, 0) is 37.7 Å². The fraction of sp³-hybridized carbons (Fsp3) is 0.333. The molecule has 1 heterocycles. The van der Waals surface area contributed by atoms with E-state index in [9.17, 15) is 4.79 Å². The molecule has 2 N–H and O–H groups in total. The second kappa shape index (κ2) is 7.63. The molecule has 0 fully saturated rings. The molecule has 1 aromatic heterocycles. The van der Waals surface area contributed by atoms with Gasteiger partial charge in [-0.3, -0.25) is 4.79 Å². The highest BCUT2D eigenvalue weighted by Gasteiger charge is 2.11. The van der Waals surface area contributed by atoms with Crippen LogP contribution in [0.4, 0.5) is 0 Å². The van der Waals surface area contributed by atoms with Gasteiger partial charge in [-0.15, -0.1) is 0 Å². The number of likely N-dealkylation sites (N-methyl/N-ethyl adjacent to an activating group) is 1. The first-order chi connectivity index (χ1) is 10.5. The molecule has 0 saturated heterocycles. The van der Waals surface area contributed by atoms with E-state index in [4.69, 9.17) is 23.2 Å². The fourth-order valence-corrected chi connectivity index (χ4v) is 2.27. The van der Waals surface area contributed by atoms with Crippen LogP contribution in [0, 0.1) is 0 Å². The van der Waals surface area contributed by atoms with E-state index < -0.39 is 0 Å². The number of hydrogen-bond acceptors (Lipinski definition) is 3. The molecule has 1 amide bonds. The molecule has 7 heteroatoms. The lowest BCUT2D eigenvalue weighted by Crippen LogP contribution is -2.38. The van der Waals surface area contributed by atoms with Crippen molar-refractivity contribution in [3.05, 3.63) is 46.2 Å². The van der Waals surface area contributed by atoms with Crippen molar-refractivity contribution in [2.75, 3.05) is 13.1 Å². The van der Waals surface area contributed by atoms with E-state index in [1.54, 1.807) is 35.1 Å². The first-order valence-corrected chi connectivity index (χ1v) is 7.79. The van der Waals surface area contributed by atoms with E-state index in [0.29, 0.717) is 22.3 Å². The minimum atomic E-state index is -0.205. The van der Waals surface area contributed by atoms with E-state index in [2.05, 4.69) is 15.7 Å². The van der Waals surface area contributed by atoms with E-state index in [-0.39, 0.29) is 11.9 Å². The Morgan fingerprint density at radius 1 is 1.32 bits per heavy atom. The van der Waals surface area contributed by atoms with Crippen molar-refractivity contribution in [2.24, 2.45) is 0 Å². The maximum Gasteiger partial charge on any atom is 0.271 e. The van der Waals surface area contributed by atoms with Gasteiger partial charge in [-0.2, -0.15) is 5.10 Å². The second-order valence-electron chi connectivity index (χ2n) is 4.91. The monoisotopic (exact) mass is 340 g/mol. The Morgan fingerprint density at radius 2 is 2.09 bits per heavy atom. The van der Waals surface area contributed by atoms with Crippen LogP contribution in [-0.4, -0.2) is 34.8 Å². The average Bonchev–Trinajstić information content (AvgIpc) is 2.98. The predicted molar refractivity (Wildman–Crippen MR) is 89.1 cm³/mol. The summed E-state index contributed by atoms with van der Waals surface area (Å²) in [5.41, 5.74) is 1.10. The third-order valence-electron chi connectivity index (χ3n) is 3.11. The zero-order valence-corrected chi connectivity index (χ0v) is 13.9. The van der Waals surface area contributed by atoms with Gasteiger partial charge in [0.2, 0.25) is 0 Å². The van der Waals surface area contributed by atoms with Crippen LogP contribution < -0.4 is 10.6 Å². The molecule has 1 atom stereocenters. The van der Waals surface area contributed by atoms with Gasteiger partial charge in [0, 0.05) is 18.8 Å². The Hall–Kier alpha value is -1.56. The summed E-state index contributed by atoms with van der Waals surface area (Å²) >= 11 is 11.9. The number of aromatic nitrogens is 2. The van der Waals surface area contributed by atoms with Crippen LogP contribution in [-0.2, 0) is 0 Å². The maximum absolute atomic E-state index is 12.1. The molecular weight excluding hydrogens is 323 g/mol. The van der Waals surface area contributed by atoms with Crippen LogP contribution in [0.3, 0.4) is 0 Å². The zero-order chi connectivity index (χ0) is 16.1. The average molecular weight is 341 g/mol. The summed E-state index contributed by atoms with van der Waals surface area (Å²) in [7, 11) is 0. The predicted octanol–water partition coefficient (Wildman–Crippen LogP) is 2.91. The van der Waals surface area contributed by atoms with Crippen molar-refractivity contribution in [2.45, 2.75) is 19.9 Å². The van der Waals surface area contributed by atoms with Crippen molar-refractivity contribution in [1.29, 1.82) is 0 Å². The molecule has 0 aliphatic heterocycles. The van der Waals surface area contributed by atoms with Gasteiger partial charge in [0.1, 0.15) is 0 Å². The van der Waals surface area contributed by atoms with Crippen LogP contribution in [0.1, 0.15) is 24.3 Å². The van der Waals surface area contributed by atoms with Crippen molar-refractivity contribution in [3.63, 3.8) is 0 Å². The van der Waals surface area contributed by atoms with Gasteiger partial charge in [-0.1, -0.05) is 30.1 Å². The van der Waals surface area contributed by atoms with E-state index in [1.165, 1.54) is 0 Å². The highest BCUT2D eigenvalue weighted by atomic mass is 35.5. The number of halogens is 2. The van der Waals surface area contributed by atoms with Gasteiger partial charge in [0.15, 0.2) is 5.69 Å². The van der Waals surface area contributed by atoms with E-state index in [1.807, 2.05) is 13.8 Å². The normalized spacial score (nSPS) is 12.2. The summed E-state index contributed by atoms with van der Waals surface area (Å²) in [5, 5.41) is 11.3. The standard InChI is InChI=1S/C15H18Cl2N4O/c1-3-18-10(2)9-19-15(22)14-6-7-21(20-14)11-4-5-12(16)13(17)8-11/h4-8,10,18H,3,9H2,1-2H3,(H,19,22)/t10-/m1/s1. The molecule has 0 aliphatic rings. The summed E-state index contributed by atoms with van der Waals surface area (Å²) in [6, 6.07) is 7.06. The second-order valence-corrected chi connectivity index (χ2v) is 5.73. The molecule has 0 bridgehead atoms. The molecule has 118 valence electrons. The molecule has 2 rings (SSSR count). The maximum atomic E-state index is 12.1. The summed E-state index contributed by atoms with van der Waals surface area (Å²) in [6.07, 6.45) is 1.71. The summed E-state index contributed by atoms with van der Waals surface area (Å²) < 4.78 is 1.59. The number of nitrogens with zero attached hydrogens (tertiary/aromatic N) is 2. The molecule has 0 saturated carbocycles. The lowest BCUT2D eigenvalue weighted by molar-refractivity contribution is 0.0945. The van der Waals surface area contributed by atoms with Crippen molar-refractivity contribution in [3.8, 4) is 5.69 Å². The van der Waals surface area contributed by atoms with Gasteiger partial charge in [0.05, 0.1) is 15.7 Å². The largest absolute Gasteiger partial charge is 0.349 e. The van der Waals surface area contributed by atoms with Crippen LogP contribution >= 0.6 is 23.2 Å². The Labute approximate surface area is 139 Å². The lowest BCUT2D eigenvalue weighted by atomic mass is 10.3. The summed E-state index contributed by atoms with van der Waals surface area (Å²) in [6.45, 7) is 5.45. The molecule has 0 unspecified atom stereocenters. The van der Waals surface area contributed by atoms with E-state index >= 15 is 0 Å². The van der Waals surface area contributed by atoms with Crippen molar-refractivity contribution in [1.82, 2.24) is 20.4 Å². The highest BCUT2D eigenvalue weighted by Crippen LogP contribution is 2.24. The number of benzene rings is 1. The quantitative estimate of drug-likeness (QED) is 0.849. The third-order valence-corrected chi connectivity index (χ3v) is 3.85. The van der Waals surface area contributed by atoms with Gasteiger partial charge >= 0.3 is 0 Å². The fourth-order valence-electron chi connectivity index (χ4n) is 1.97. The Morgan fingerprint density at radius 3 is 2.77 bits per heavy atom. The van der Waals surface area contributed by atoms with Crippen molar-refractivity contribution >= 4 is 29.1 Å². The topological polar surface area (TPSA) is 58.9 Å². The molecule has 2 aromatic rings. The van der Waals surface area contributed by atoms with Crippen molar-refractivity contribution < 1.29 is 4.79 Å². The number of rotatable bonds is 6. The third kappa shape index (κ3) is 4.22. The molecule has 0 aliphatic carbocycles. The Balaban J connectivity index is 2.04. The number of nitrogens with one attached hydrogen (secondary N) is 2. The first kappa shape index (κ1) is 16.8. The molecule has 0 spiro atoms. The zero-order valence-electron chi connectivity index (χ0n) is 12.4. The number of carbonyl (C=O) groups is 1. The van der Waals surface area contributed by atoms with Crippen LogP contribution in [0.15, 0.2) is 30.5 Å². The minimum absolute atomic E-state index is 0.205. The van der Waals surface area contributed by atoms with Crippen LogP contribution in [0.2, 0.25) is 10.0 Å². The smallest absolute Gasteiger partial charge is 0.271 e. The van der Waals surface area contributed by atoms with Crippen LogP contribution in [0.5, 0.6) is 0 Å². The SMILES string of the molecule is CCN[C@H](C)CNC(=O)c1ccn(-c2ccc(Cl)c(Cl)c2)n1. The van der Waals surface area contributed by atoms with Gasteiger partial charge in [-0.25, -0.2) is 4.68 Å². The Bertz CT molecular complexity index is 657. The molecule has 0 radical (unpaired) electrons.